The van der Waals surface area contributed by atoms with Gasteiger partial charge in [-0.05, 0) is 57.9 Å². The monoisotopic (exact) mass is 363 g/mol. The third-order valence-corrected chi connectivity index (χ3v) is 5.37. The highest BCUT2D eigenvalue weighted by molar-refractivity contribution is 7.89. The summed E-state index contributed by atoms with van der Waals surface area (Å²) in [4.78, 5) is 22.1. The van der Waals surface area contributed by atoms with Crippen molar-refractivity contribution in [1.29, 1.82) is 0 Å². The van der Waals surface area contributed by atoms with Crippen LogP contribution in [0, 0.1) is 6.92 Å². The Morgan fingerprint density at radius 2 is 1.36 bits per heavy atom. The summed E-state index contributed by atoms with van der Waals surface area (Å²) < 4.78 is 27.1. The van der Waals surface area contributed by atoms with Crippen molar-refractivity contribution < 1.29 is 18.0 Å². The van der Waals surface area contributed by atoms with Gasteiger partial charge in [-0.25, -0.2) is 8.42 Å². The highest BCUT2D eigenvalue weighted by Gasteiger charge is 2.23. The number of carbonyl (C=O) groups is 2. The Morgan fingerprint density at radius 1 is 0.920 bits per heavy atom. The summed E-state index contributed by atoms with van der Waals surface area (Å²) in [5.74, 6) is -0.144. The number of rotatable bonds is 10. The van der Waals surface area contributed by atoms with Gasteiger partial charge in [0.1, 0.15) is 0 Å². The first-order valence-corrected chi connectivity index (χ1v) is 9.58. The molecule has 0 radical (unpaired) electrons. The van der Waals surface area contributed by atoms with Crippen LogP contribution >= 0.6 is 0 Å². The number of hydrogen-bond acceptors (Lipinski definition) is 4. The number of aryl methyl sites for hydroxylation is 1. The van der Waals surface area contributed by atoms with Crippen LogP contribution < -0.4 is 0 Å². The Balaban J connectivity index is 2.92. The molecule has 5 nitrogen and oxygen atoms in total. The van der Waals surface area contributed by atoms with E-state index in [9.17, 15) is 18.0 Å². The Kier molecular flexibility index (Phi) is 8.45. The number of nitrogens with zero attached hydrogens (tertiary/aromatic N) is 1. The SMILES string of the molecule is CC(=O)/C=C/CCN(CC/C=C/C(C)=O)S(=O)(=O)c1ccc(C)cc1. The van der Waals surface area contributed by atoms with E-state index in [4.69, 9.17) is 0 Å². The molecule has 0 fully saturated rings. The van der Waals surface area contributed by atoms with E-state index >= 15 is 0 Å². The van der Waals surface area contributed by atoms with Gasteiger partial charge in [0.2, 0.25) is 10.0 Å². The molecule has 1 aromatic carbocycles. The number of carbonyl (C=O) groups excluding carboxylic acids is 2. The molecule has 0 aliphatic heterocycles. The Labute approximate surface area is 150 Å². The molecule has 0 atom stereocenters. The molecule has 0 saturated heterocycles. The van der Waals surface area contributed by atoms with Crippen LogP contribution in [0.25, 0.3) is 0 Å². The summed E-state index contributed by atoms with van der Waals surface area (Å²) in [5.41, 5.74) is 0.985. The van der Waals surface area contributed by atoms with Crippen molar-refractivity contribution in [2.75, 3.05) is 13.1 Å². The minimum Gasteiger partial charge on any atom is -0.295 e. The van der Waals surface area contributed by atoms with Gasteiger partial charge in [0.15, 0.2) is 11.6 Å². The van der Waals surface area contributed by atoms with Gasteiger partial charge in [-0.2, -0.15) is 4.31 Å². The smallest absolute Gasteiger partial charge is 0.243 e. The van der Waals surface area contributed by atoms with Crippen molar-refractivity contribution in [3.05, 3.63) is 54.1 Å². The predicted molar refractivity (Wildman–Crippen MR) is 98.8 cm³/mol. The Hall–Kier alpha value is -2.05. The van der Waals surface area contributed by atoms with Crippen LogP contribution in [0.1, 0.15) is 32.3 Å². The molecule has 0 aliphatic rings. The Morgan fingerprint density at radius 3 is 1.76 bits per heavy atom. The van der Waals surface area contributed by atoms with E-state index < -0.39 is 10.0 Å². The zero-order valence-corrected chi connectivity index (χ0v) is 15.8. The number of ketones is 2. The average molecular weight is 363 g/mol. The number of hydrogen-bond donors (Lipinski definition) is 0. The first-order chi connectivity index (χ1) is 11.7. The molecule has 0 saturated carbocycles. The highest BCUT2D eigenvalue weighted by Crippen LogP contribution is 2.17. The molecule has 1 rings (SSSR count). The van der Waals surface area contributed by atoms with Crippen LogP contribution in [0.3, 0.4) is 0 Å². The van der Waals surface area contributed by atoms with Crippen LogP contribution in [0.5, 0.6) is 0 Å². The van der Waals surface area contributed by atoms with Gasteiger partial charge in [0, 0.05) is 13.1 Å². The Bertz CT molecular complexity index is 718. The fraction of sp³-hybridized carbons (Fsp3) is 0.368. The predicted octanol–water partition coefficient (Wildman–Crippen LogP) is 3.06. The summed E-state index contributed by atoms with van der Waals surface area (Å²) in [7, 11) is -3.62. The number of allylic oxidation sites excluding steroid dienone is 2. The van der Waals surface area contributed by atoms with E-state index in [0.717, 1.165) is 5.56 Å². The van der Waals surface area contributed by atoms with Crippen molar-refractivity contribution in [2.24, 2.45) is 0 Å². The van der Waals surface area contributed by atoms with E-state index in [0.29, 0.717) is 12.8 Å². The van der Waals surface area contributed by atoms with Crippen LogP contribution in [-0.4, -0.2) is 37.4 Å². The van der Waals surface area contributed by atoms with E-state index in [-0.39, 0.29) is 29.6 Å². The maximum Gasteiger partial charge on any atom is 0.243 e. The van der Waals surface area contributed by atoms with Crippen LogP contribution in [0.4, 0.5) is 0 Å². The molecule has 0 heterocycles. The van der Waals surface area contributed by atoms with Crippen LogP contribution in [-0.2, 0) is 19.6 Å². The van der Waals surface area contributed by atoms with Crippen molar-refractivity contribution >= 4 is 21.6 Å². The fourth-order valence-corrected chi connectivity index (χ4v) is 3.62. The van der Waals surface area contributed by atoms with E-state index in [1.54, 1.807) is 36.4 Å². The normalized spacial score (nSPS) is 12.3. The second-order valence-corrected chi connectivity index (χ2v) is 7.76. The first kappa shape index (κ1) is 21.0. The minimum atomic E-state index is -3.62. The molecule has 0 bridgehead atoms. The largest absolute Gasteiger partial charge is 0.295 e. The molecule has 1 aromatic rings. The molecule has 0 aromatic heterocycles. The van der Waals surface area contributed by atoms with Crippen molar-refractivity contribution in [3.8, 4) is 0 Å². The third-order valence-electron chi connectivity index (χ3n) is 3.45. The van der Waals surface area contributed by atoms with E-state index in [2.05, 4.69) is 0 Å². The number of sulfonamides is 1. The van der Waals surface area contributed by atoms with Crippen molar-refractivity contribution in [2.45, 2.75) is 38.5 Å². The molecule has 25 heavy (non-hydrogen) atoms. The van der Waals surface area contributed by atoms with Crippen LogP contribution in [0.15, 0.2) is 53.5 Å². The molecule has 0 aliphatic carbocycles. The highest BCUT2D eigenvalue weighted by atomic mass is 32.2. The van der Waals surface area contributed by atoms with Gasteiger partial charge in [-0.3, -0.25) is 9.59 Å². The molecular formula is C19H25NO4S. The second-order valence-electron chi connectivity index (χ2n) is 5.82. The minimum absolute atomic E-state index is 0.0719. The molecule has 0 amide bonds. The summed E-state index contributed by atoms with van der Waals surface area (Å²) in [6.07, 6.45) is 7.11. The van der Waals surface area contributed by atoms with Gasteiger partial charge in [-0.15, -0.1) is 0 Å². The topological polar surface area (TPSA) is 71.5 Å². The molecule has 136 valence electrons. The summed E-state index contributed by atoms with van der Waals surface area (Å²) >= 11 is 0. The van der Waals surface area contributed by atoms with Crippen molar-refractivity contribution in [3.63, 3.8) is 0 Å². The van der Waals surface area contributed by atoms with Gasteiger partial charge in [0.25, 0.3) is 0 Å². The second kappa shape index (κ2) is 10.1. The average Bonchev–Trinajstić information content (AvgIpc) is 2.53. The summed E-state index contributed by atoms with van der Waals surface area (Å²) in [6.45, 7) is 5.34. The van der Waals surface area contributed by atoms with Gasteiger partial charge >= 0.3 is 0 Å². The lowest BCUT2D eigenvalue weighted by molar-refractivity contribution is -0.113. The molecule has 6 heteroatoms. The van der Waals surface area contributed by atoms with Crippen molar-refractivity contribution in [1.82, 2.24) is 4.31 Å². The maximum absolute atomic E-state index is 12.8. The standard InChI is InChI=1S/C19H25NO4S/c1-16-10-12-19(13-11-16)25(23,24)20(14-6-4-8-17(2)21)15-7-5-9-18(3)22/h4-5,8-13H,6-7,14-15H2,1-3H3/b8-4+,9-5+. The quantitative estimate of drug-likeness (QED) is 0.599. The molecule has 0 spiro atoms. The zero-order chi connectivity index (χ0) is 18.9. The molecule has 0 unspecified atom stereocenters. The molecule has 0 N–H and O–H groups in total. The van der Waals surface area contributed by atoms with E-state index in [1.807, 2.05) is 6.92 Å². The summed E-state index contributed by atoms with van der Waals surface area (Å²) in [6, 6.07) is 6.70. The lowest BCUT2D eigenvalue weighted by Gasteiger charge is -2.21. The number of benzene rings is 1. The van der Waals surface area contributed by atoms with Gasteiger partial charge < -0.3 is 0 Å². The molecular weight excluding hydrogens is 338 g/mol. The summed E-state index contributed by atoms with van der Waals surface area (Å²) in [5, 5.41) is 0. The zero-order valence-electron chi connectivity index (χ0n) is 14.9. The maximum atomic E-state index is 12.8. The van der Waals surface area contributed by atoms with E-state index in [1.165, 1.54) is 30.3 Å². The van der Waals surface area contributed by atoms with Gasteiger partial charge in [0.05, 0.1) is 4.90 Å². The lowest BCUT2D eigenvalue weighted by atomic mass is 10.2. The fourth-order valence-electron chi connectivity index (χ4n) is 2.15. The van der Waals surface area contributed by atoms with Crippen LogP contribution in [0.2, 0.25) is 0 Å². The third kappa shape index (κ3) is 7.58. The van der Waals surface area contributed by atoms with Gasteiger partial charge in [-0.1, -0.05) is 29.8 Å². The lowest BCUT2D eigenvalue weighted by Crippen LogP contribution is -2.32. The first-order valence-electron chi connectivity index (χ1n) is 8.14.